The molecule has 1 saturated heterocycles. The molecule has 3 aromatic carbocycles. The Morgan fingerprint density at radius 3 is 2.78 bits per heavy atom. The van der Waals surface area contributed by atoms with E-state index < -0.39 is 0 Å². The molecule has 0 unspecified atom stereocenters. The minimum absolute atomic E-state index is 0.214. The second-order valence-electron chi connectivity index (χ2n) is 9.10. The molecular weight excluding hydrogens is 493 g/mol. The summed E-state index contributed by atoms with van der Waals surface area (Å²) in [6.07, 6.45) is 3.50. The molecule has 0 saturated carbocycles. The standard InChI is InChI=1S/C27H23ClFN7O/c1-35-12-21(13-35)36-14-25(33-34-36)18-5-7-24-22(10-18)27(31-16-30-24)32-20-6-8-26(23(28)11-20)37-15-17-3-2-4-19(29)9-17/h2-11,14,16,21H,12-13,15H2,1H3,(H,30,31,32). The molecule has 0 amide bonds. The minimum atomic E-state index is -0.303. The molecule has 1 N–H and O–H groups in total. The summed E-state index contributed by atoms with van der Waals surface area (Å²) in [6.45, 7) is 2.16. The maximum Gasteiger partial charge on any atom is 0.141 e. The zero-order valence-electron chi connectivity index (χ0n) is 20.0. The van der Waals surface area contributed by atoms with E-state index in [0.29, 0.717) is 22.6 Å². The summed E-state index contributed by atoms with van der Waals surface area (Å²) in [4.78, 5) is 11.1. The van der Waals surface area contributed by atoms with Gasteiger partial charge in [0.05, 0.1) is 22.8 Å². The maximum atomic E-state index is 13.4. The number of likely N-dealkylation sites (N-methyl/N-ethyl adjacent to an activating group) is 1. The van der Waals surface area contributed by atoms with Crippen molar-refractivity contribution in [2.24, 2.45) is 0 Å². The SMILES string of the molecule is CN1CC(n2cc(-c3ccc4ncnc(Nc5ccc(OCc6cccc(F)c6)c(Cl)c5)c4c3)nn2)C1. The van der Waals surface area contributed by atoms with E-state index in [4.69, 9.17) is 16.3 Å². The van der Waals surface area contributed by atoms with Crippen molar-refractivity contribution in [1.29, 1.82) is 0 Å². The van der Waals surface area contributed by atoms with Crippen LogP contribution in [0.5, 0.6) is 5.75 Å². The number of nitrogens with one attached hydrogen (secondary N) is 1. The average Bonchev–Trinajstić information content (AvgIpc) is 3.36. The zero-order valence-corrected chi connectivity index (χ0v) is 20.7. The van der Waals surface area contributed by atoms with Crippen LogP contribution in [0.4, 0.5) is 15.9 Å². The first kappa shape index (κ1) is 23.3. The highest BCUT2D eigenvalue weighted by atomic mass is 35.5. The van der Waals surface area contributed by atoms with Gasteiger partial charge in [-0.25, -0.2) is 19.0 Å². The van der Waals surface area contributed by atoms with Crippen LogP contribution in [-0.2, 0) is 6.61 Å². The normalized spacial score (nSPS) is 14.0. The summed E-state index contributed by atoms with van der Waals surface area (Å²) < 4.78 is 21.1. The molecular formula is C27H23ClFN7O. The molecule has 1 aliphatic heterocycles. The van der Waals surface area contributed by atoms with E-state index in [-0.39, 0.29) is 12.4 Å². The summed E-state index contributed by atoms with van der Waals surface area (Å²) in [5.41, 5.74) is 4.00. The Hall–Kier alpha value is -4.08. The van der Waals surface area contributed by atoms with Gasteiger partial charge < -0.3 is 15.0 Å². The van der Waals surface area contributed by atoms with Gasteiger partial charge in [-0.3, -0.25) is 0 Å². The van der Waals surface area contributed by atoms with Crippen LogP contribution in [-0.4, -0.2) is 50.0 Å². The van der Waals surface area contributed by atoms with Crippen molar-refractivity contribution in [3.63, 3.8) is 0 Å². The Morgan fingerprint density at radius 2 is 1.97 bits per heavy atom. The van der Waals surface area contributed by atoms with Crippen molar-refractivity contribution < 1.29 is 9.13 Å². The molecule has 37 heavy (non-hydrogen) atoms. The maximum absolute atomic E-state index is 13.4. The number of nitrogens with zero attached hydrogens (tertiary/aromatic N) is 6. The average molecular weight is 516 g/mol. The van der Waals surface area contributed by atoms with Gasteiger partial charge in [0.25, 0.3) is 0 Å². The van der Waals surface area contributed by atoms with Crippen molar-refractivity contribution in [3.05, 3.63) is 89.6 Å². The molecule has 1 aliphatic rings. The van der Waals surface area contributed by atoms with Gasteiger partial charge >= 0.3 is 0 Å². The van der Waals surface area contributed by atoms with Crippen LogP contribution in [0, 0.1) is 5.82 Å². The predicted octanol–water partition coefficient (Wildman–Crippen LogP) is 5.49. The van der Waals surface area contributed by atoms with E-state index >= 15 is 0 Å². The highest BCUT2D eigenvalue weighted by molar-refractivity contribution is 6.32. The number of halogens is 2. The topological polar surface area (TPSA) is 81.0 Å². The third-order valence-electron chi connectivity index (χ3n) is 6.34. The molecule has 6 rings (SSSR count). The van der Waals surface area contributed by atoms with Crippen molar-refractivity contribution >= 4 is 34.0 Å². The Labute approximate surface area is 217 Å². The number of rotatable bonds is 7. The summed E-state index contributed by atoms with van der Waals surface area (Å²) in [7, 11) is 2.09. The van der Waals surface area contributed by atoms with E-state index in [0.717, 1.165) is 46.5 Å². The predicted molar refractivity (Wildman–Crippen MR) is 141 cm³/mol. The zero-order chi connectivity index (χ0) is 25.4. The highest BCUT2D eigenvalue weighted by Gasteiger charge is 2.26. The van der Waals surface area contributed by atoms with Crippen molar-refractivity contribution in [3.8, 4) is 17.0 Å². The molecule has 2 aromatic heterocycles. The third kappa shape index (κ3) is 4.96. The fourth-order valence-corrected chi connectivity index (χ4v) is 4.59. The minimum Gasteiger partial charge on any atom is -0.487 e. The molecule has 10 heteroatoms. The quantitative estimate of drug-likeness (QED) is 0.307. The fourth-order valence-electron chi connectivity index (χ4n) is 4.36. The van der Waals surface area contributed by atoms with Gasteiger partial charge in [-0.15, -0.1) is 5.10 Å². The largest absolute Gasteiger partial charge is 0.487 e. The number of benzene rings is 3. The highest BCUT2D eigenvalue weighted by Crippen LogP contribution is 2.32. The van der Waals surface area contributed by atoms with Crippen molar-refractivity contribution in [2.45, 2.75) is 12.6 Å². The van der Waals surface area contributed by atoms with Gasteiger partial charge in [0.2, 0.25) is 0 Å². The number of ether oxygens (including phenoxy) is 1. The molecule has 8 nitrogen and oxygen atoms in total. The Kier molecular flexibility index (Phi) is 6.15. The molecule has 0 aliphatic carbocycles. The van der Waals surface area contributed by atoms with Crippen LogP contribution in [0.1, 0.15) is 11.6 Å². The van der Waals surface area contributed by atoms with E-state index in [1.54, 1.807) is 24.3 Å². The smallest absolute Gasteiger partial charge is 0.141 e. The van der Waals surface area contributed by atoms with Gasteiger partial charge in [0.1, 0.15) is 36.0 Å². The summed E-state index contributed by atoms with van der Waals surface area (Å²) >= 11 is 6.48. The van der Waals surface area contributed by atoms with Crippen molar-refractivity contribution in [2.75, 3.05) is 25.5 Å². The molecule has 0 radical (unpaired) electrons. The molecule has 186 valence electrons. The molecule has 0 atom stereocenters. The number of hydrogen-bond donors (Lipinski definition) is 1. The Balaban J connectivity index is 1.21. The second-order valence-corrected chi connectivity index (χ2v) is 9.51. The summed E-state index contributed by atoms with van der Waals surface area (Å²) in [5.74, 6) is 0.846. The number of fused-ring (bicyclic) bond motifs is 1. The first-order valence-corrected chi connectivity index (χ1v) is 12.2. The van der Waals surface area contributed by atoms with Crippen LogP contribution in [0.3, 0.4) is 0 Å². The Bertz CT molecular complexity index is 1580. The van der Waals surface area contributed by atoms with Gasteiger partial charge in [-0.05, 0) is 55.1 Å². The van der Waals surface area contributed by atoms with E-state index in [1.807, 2.05) is 35.1 Å². The summed E-state index contributed by atoms with van der Waals surface area (Å²) in [6, 6.07) is 18.0. The van der Waals surface area contributed by atoms with Crippen LogP contribution in [0.2, 0.25) is 5.02 Å². The molecule has 0 spiro atoms. The lowest BCUT2D eigenvalue weighted by molar-refractivity contribution is 0.129. The van der Waals surface area contributed by atoms with Gasteiger partial charge in [-0.2, -0.15) is 0 Å². The first-order chi connectivity index (χ1) is 18.0. The van der Waals surface area contributed by atoms with E-state index in [1.165, 1.54) is 18.5 Å². The lowest BCUT2D eigenvalue weighted by Crippen LogP contribution is -2.45. The third-order valence-corrected chi connectivity index (χ3v) is 6.63. The molecule has 3 heterocycles. The number of aromatic nitrogens is 5. The van der Waals surface area contributed by atoms with Crippen molar-refractivity contribution in [1.82, 2.24) is 29.9 Å². The number of anilines is 2. The Morgan fingerprint density at radius 1 is 1.08 bits per heavy atom. The van der Waals surface area contributed by atoms with E-state index in [2.05, 4.69) is 37.5 Å². The van der Waals surface area contributed by atoms with Crippen LogP contribution >= 0.6 is 11.6 Å². The van der Waals surface area contributed by atoms with Gasteiger partial charge in [0.15, 0.2) is 0 Å². The molecule has 5 aromatic rings. The fraction of sp³-hybridized carbons (Fsp3) is 0.185. The number of hydrogen-bond acceptors (Lipinski definition) is 7. The number of likely N-dealkylation sites (tertiary alicyclic amines) is 1. The summed E-state index contributed by atoms with van der Waals surface area (Å²) in [5, 5.41) is 13.3. The van der Waals surface area contributed by atoms with Crippen LogP contribution in [0.15, 0.2) is 73.2 Å². The second kappa shape index (κ2) is 9.76. The van der Waals surface area contributed by atoms with Gasteiger partial charge in [-0.1, -0.05) is 35.0 Å². The molecule has 0 bridgehead atoms. The van der Waals surface area contributed by atoms with Crippen LogP contribution in [0.25, 0.3) is 22.2 Å². The van der Waals surface area contributed by atoms with E-state index in [9.17, 15) is 4.39 Å². The first-order valence-electron chi connectivity index (χ1n) is 11.8. The monoisotopic (exact) mass is 515 g/mol. The lowest BCUT2D eigenvalue weighted by atomic mass is 10.1. The molecule has 1 fully saturated rings. The van der Waals surface area contributed by atoms with Gasteiger partial charge in [0, 0.05) is 29.7 Å². The van der Waals surface area contributed by atoms with Crippen LogP contribution < -0.4 is 10.1 Å². The lowest BCUT2D eigenvalue weighted by Gasteiger charge is -2.35.